The molecule has 2 nitrogen and oxygen atoms in total. The van der Waals surface area contributed by atoms with Crippen LogP contribution < -0.4 is 10.6 Å². The summed E-state index contributed by atoms with van der Waals surface area (Å²) in [6.45, 7) is 11.6. The molecule has 2 N–H and O–H groups in total. The second-order valence-electron chi connectivity index (χ2n) is 4.49. The Labute approximate surface area is 93.8 Å². The Hall–Kier alpha value is -0.600. The average molecular weight is 208 g/mol. The summed E-state index contributed by atoms with van der Waals surface area (Å²) >= 11 is 0. The van der Waals surface area contributed by atoms with E-state index in [1.165, 1.54) is 0 Å². The van der Waals surface area contributed by atoms with Crippen LogP contribution in [0.2, 0.25) is 0 Å². The second-order valence-corrected chi connectivity index (χ2v) is 4.49. The van der Waals surface area contributed by atoms with Gasteiger partial charge in [-0.2, -0.15) is 0 Å². The molecule has 0 saturated carbocycles. The molecule has 1 saturated heterocycles. The minimum Gasteiger partial charge on any atom is -0.314 e. The van der Waals surface area contributed by atoms with E-state index < -0.39 is 0 Å². The summed E-state index contributed by atoms with van der Waals surface area (Å²) in [4.78, 5) is 0. The summed E-state index contributed by atoms with van der Waals surface area (Å²) in [6.07, 6.45) is 6.65. The Morgan fingerprint density at radius 2 is 2.27 bits per heavy atom. The number of piperazine rings is 1. The molecular formula is C13H24N2. The van der Waals surface area contributed by atoms with E-state index in [1.807, 2.05) is 6.08 Å². The van der Waals surface area contributed by atoms with Crippen molar-refractivity contribution in [2.75, 3.05) is 19.6 Å². The Morgan fingerprint density at radius 3 is 2.80 bits per heavy atom. The normalized spacial score (nSPS) is 23.1. The predicted molar refractivity (Wildman–Crippen MR) is 67.0 cm³/mol. The molecule has 0 radical (unpaired) electrons. The summed E-state index contributed by atoms with van der Waals surface area (Å²) in [7, 11) is 0. The molecule has 1 rings (SSSR count). The van der Waals surface area contributed by atoms with Gasteiger partial charge in [-0.05, 0) is 18.8 Å². The molecule has 2 heteroatoms. The van der Waals surface area contributed by atoms with Crippen molar-refractivity contribution in [3.05, 3.63) is 24.3 Å². The van der Waals surface area contributed by atoms with Crippen LogP contribution in [0.25, 0.3) is 0 Å². The SMILES string of the molecule is C=CCC/C(=C/[C@@H]1CNCCN1)C(C)C. The first-order valence-corrected chi connectivity index (χ1v) is 5.99. The molecule has 1 heterocycles. The van der Waals surface area contributed by atoms with Crippen molar-refractivity contribution in [1.29, 1.82) is 0 Å². The van der Waals surface area contributed by atoms with Gasteiger partial charge in [0, 0.05) is 25.7 Å². The van der Waals surface area contributed by atoms with Gasteiger partial charge in [0.1, 0.15) is 0 Å². The molecule has 0 bridgehead atoms. The van der Waals surface area contributed by atoms with E-state index >= 15 is 0 Å². The van der Waals surface area contributed by atoms with Crippen molar-refractivity contribution in [3.8, 4) is 0 Å². The zero-order chi connectivity index (χ0) is 11.1. The fourth-order valence-electron chi connectivity index (χ4n) is 1.89. The van der Waals surface area contributed by atoms with Gasteiger partial charge in [-0.15, -0.1) is 6.58 Å². The Morgan fingerprint density at radius 1 is 1.47 bits per heavy atom. The van der Waals surface area contributed by atoms with Crippen LogP contribution in [-0.4, -0.2) is 25.7 Å². The maximum Gasteiger partial charge on any atom is 0.0379 e. The van der Waals surface area contributed by atoms with E-state index in [2.05, 4.69) is 37.1 Å². The van der Waals surface area contributed by atoms with E-state index in [1.54, 1.807) is 5.57 Å². The van der Waals surface area contributed by atoms with E-state index in [0.29, 0.717) is 12.0 Å². The highest BCUT2D eigenvalue weighted by atomic mass is 15.0. The topological polar surface area (TPSA) is 24.1 Å². The Kier molecular flexibility index (Phi) is 5.66. The van der Waals surface area contributed by atoms with Gasteiger partial charge in [0.2, 0.25) is 0 Å². The van der Waals surface area contributed by atoms with Gasteiger partial charge in [0.15, 0.2) is 0 Å². The molecule has 0 amide bonds. The maximum absolute atomic E-state index is 3.78. The lowest BCUT2D eigenvalue weighted by molar-refractivity contribution is 0.466. The zero-order valence-electron chi connectivity index (χ0n) is 10.1. The molecule has 0 aromatic heterocycles. The molecule has 0 aliphatic carbocycles. The lowest BCUT2D eigenvalue weighted by Crippen LogP contribution is -2.47. The molecular weight excluding hydrogens is 184 g/mol. The lowest BCUT2D eigenvalue weighted by Gasteiger charge is -2.24. The molecule has 0 unspecified atom stereocenters. The first-order chi connectivity index (χ1) is 7.24. The third-order valence-electron chi connectivity index (χ3n) is 2.87. The van der Waals surface area contributed by atoms with E-state index in [4.69, 9.17) is 0 Å². The van der Waals surface area contributed by atoms with Gasteiger partial charge >= 0.3 is 0 Å². The van der Waals surface area contributed by atoms with Crippen LogP contribution >= 0.6 is 0 Å². The Balaban J connectivity index is 2.51. The molecule has 0 aromatic rings. The lowest BCUT2D eigenvalue weighted by atomic mass is 9.96. The van der Waals surface area contributed by atoms with Gasteiger partial charge in [-0.3, -0.25) is 0 Å². The van der Waals surface area contributed by atoms with Crippen LogP contribution in [0.3, 0.4) is 0 Å². The quantitative estimate of drug-likeness (QED) is 0.676. The fourth-order valence-corrected chi connectivity index (χ4v) is 1.89. The fraction of sp³-hybridized carbons (Fsp3) is 0.692. The smallest absolute Gasteiger partial charge is 0.0379 e. The molecule has 1 aliphatic rings. The number of allylic oxidation sites excluding steroid dienone is 2. The third kappa shape index (κ3) is 4.63. The molecule has 1 atom stereocenters. The van der Waals surface area contributed by atoms with Gasteiger partial charge in [0.05, 0.1) is 0 Å². The van der Waals surface area contributed by atoms with Crippen molar-refractivity contribution in [3.63, 3.8) is 0 Å². The van der Waals surface area contributed by atoms with Crippen LogP contribution in [-0.2, 0) is 0 Å². The van der Waals surface area contributed by atoms with Crippen LogP contribution in [0, 0.1) is 5.92 Å². The standard InChI is InChI=1S/C13H24N2/c1-4-5-6-12(11(2)3)9-13-10-14-7-8-15-13/h4,9,11,13-15H,1,5-8,10H2,2-3H3/b12-9-/t13-/m1/s1. The molecule has 1 aliphatic heterocycles. The minimum atomic E-state index is 0.515. The minimum absolute atomic E-state index is 0.515. The van der Waals surface area contributed by atoms with Crippen LogP contribution in [0.15, 0.2) is 24.3 Å². The second kappa shape index (κ2) is 6.81. The van der Waals surface area contributed by atoms with Gasteiger partial charge in [0.25, 0.3) is 0 Å². The molecule has 0 aromatic carbocycles. The third-order valence-corrected chi connectivity index (χ3v) is 2.87. The number of rotatable bonds is 5. The van der Waals surface area contributed by atoms with Crippen molar-refractivity contribution in [2.45, 2.75) is 32.7 Å². The van der Waals surface area contributed by atoms with Crippen LogP contribution in [0.4, 0.5) is 0 Å². The largest absolute Gasteiger partial charge is 0.314 e. The van der Waals surface area contributed by atoms with Gasteiger partial charge in [-0.1, -0.05) is 31.6 Å². The number of hydrogen-bond donors (Lipinski definition) is 2. The molecule has 86 valence electrons. The summed E-state index contributed by atoms with van der Waals surface area (Å²) in [5.74, 6) is 0.647. The molecule has 0 spiro atoms. The van der Waals surface area contributed by atoms with Crippen molar-refractivity contribution in [2.24, 2.45) is 5.92 Å². The average Bonchev–Trinajstić information content (AvgIpc) is 2.25. The molecule has 1 fully saturated rings. The maximum atomic E-state index is 3.78. The zero-order valence-corrected chi connectivity index (χ0v) is 10.1. The summed E-state index contributed by atoms with van der Waals surface area (Å²) in [5.41, 5.74) is 1.55. The number of hydrogen-bond acceptors (Lipinski definition) is 2. The van der Waals surface area contributed by atoms with Gasteiger partial charge in [-0.25, -0.2) is 0 Å². The summed E-state index contributed by atoms with van der Waals surface area (Å²) in [6, 6.07) is 0.515. The highest BCUT2D eigenvalue weighted by molar-refractivity contribution is 5.11. The van der Waals surface area contributed by atoms with E-state index in [0.717, 1.165) is 32.5 Å². The van der Waals surface area contributed by atoms with E-state index in [-0.39, 0.29) is 0 Å². The van der Waals surface area contributed by atoms with Crippen molar-refractivity contribution in [1.82, 2.24) is 10.6 Å². The predicted octanol–water partition coefficient (Wildman–Crippen LogP) is 2.10. The Bertz CT molecular complexity index is 213. The van der Waals surface area contributed by atoms with Crippen LogP contribution in [0.5, 0.6) is 0 Å². The van der Waals surface area contributed by atoms with E-state index in [9.17, 15) is 0 Å². The van der Waals surface area contributed by atoms with Crippen molar-refractivity contribution >= 4 is 0 Å². The van der Waals surface area contributed by atoms with Gasteiger partial charge < -0.3 is 10.6 Å². The first kappa shape index (κ1) is 12.5. The summed E-state index contributed by atoms with van der Waals surface area (Å²) < 4.78 is 0. The summed E-state index contributed by atoms with van der Waals surface area (Å²) in [5, 5.41) is 6.92. The van der Waals surface area contributed by atoms with Crippen molar-refractivity contribution < 1.29 is 0 Å². The highest BCUT2D eigenvalue weighted by Gasteiger charge is 2.11. The highest BCUT2D eigenvalue weighted by Crippen LogP contribution is 2.17. The first-order valence-electron chi connectivity index (χ1n) is 5.99. The van der Waals surface area contributed by atoms with Crippen LogP contribution in [0.1, 0.15) is 26.7 Å². The monoisotopic (exact) mass is 208 g/mol. The number of nitrogens with one attached hydrogen (secondary N) is 2. The molecule has 15 heavy (non-hydrogen) atoms.